The van der Waals surface area contributed by atoms with Gasteiger partial charge in [-0.2, -0.15) is 0 Å². The topological polar surface area (TPSA) is 21.5 Å². The summed E-state index contributed by atoms with van der Waals surface area (Å²) in [6.07, 6.45) is 2.12. The van der Waals surface area contributed by atoms with Crippen LogP contribution in [0.2, 0.25) is 0 Å². The van der Waals surface area contributed by atoms with Gasteiger partial charge < -0.3 is 9.47 Å². The summed E-state index contributed by atoms with van der Waals surface area (Å²) in [6.45, 7) is 6.14. The summed E-state index contributed by atoms with van der Waals surface area (Å²) in [4.78, 5) is 0. The zero-order valence-corrected chi connectivity index (χ0v) is 15.7. The lowest BCUT2D eigenvalue weighted by atomic mass is 9.91. The quantitative estimate of drug-likeness (QED) is 0.732. The number of fused-ring (bicyclic) bond motifs is 1. The summed E-state index contributed by atoms with van der Waals surface area (Å²) in [7, 11) is 3.90. The zero-order chi connectivity index (χ0) is 17.8. The Morgan fingerprint density at radius 3 is 2.52 bits per heavy atom. The molecular weight excluding hydrogens is 310 g/mol. The second-order valence-electron chi connectivity index (χ2n) is 7.15. The third-order valence-corrected chi connectivity index (χ3v) is 4.72. The fraction of sp³-hybridized carbons (Fsp3) is 0.409. The molecule has 0 saturated heterocycles. The molecule has 0 atom stereocenters. The summed E-state index contributed by atoms with van der Waals surface area (Å²) in [5.74, 6) is 2.27. The number of methoxy groups -OCH3 is 1. The van der Waals surface area contributed by atoms with Crippen LogP contribution in [0.4, 0.5) is 0 Å². The zero-order valence-electron chi connectivity index (χ0n) is 15.7. The van der Waals surface area contributed by atoms with Gasteiger partial charge in [0.05, 0.1) is 7.11 Å². The fourth-order valence-corrected chi connectivity index (χ4v) is 3.37. The molecule has 0 unspecified atom stereocenters. The van der Waals surface area contributed by atoms with Crippen LogP contribution in [0, 0.1) is 5.92 Å². The van der Waals surface area contributed by atoms with Crippen molar-refractivity contribution in [2.75, 3.05) is 20.7 Å². The maximum absolute atomic E-state index is 6.11. The molecule has 25 heavy (non-hydrogen) atoms. The van der Waals surface area contributed by atoms with Crippen LogP contribution in [0.15, 0.2) is 42.5 Å². The number of hydrogen-bond donors (Lipinski definition) is 0. The first-order chi connectivity index (χ1) is 12.1. The van der Waals surface area contributed by atoms with Gasteiger partial charge in [-0.3, -0.25) is 0 Å². The molecular formula is C22H28NO2+. The van der Waals surface area contributed by atoms with Gasteiger partial charge in [0.1, 0.15) is 20.2 Å². The molecule has 0 fully saturated rings. The number of hydrogen-bond acceptors (Lipinski definition) is 2. The predicted octanol–water partition coefficient (Wildman–Crippen LogP) is 4.31. The van der Waals surface area contributed by atoms with Crippen LogP contribution in [0.25, 0.3) is 0 Å². The van der Waals surface area contributed by atoms with Gasteiger partial charge in [-0.05, 0) is 29.2 Å². The van der Waals surface area contributed by atoms with E-state index in [1.807, 2.05) is 18.2 Å². The fourth-order valence-electron chi connectivity index (χ4n) is 3.37. The molecule has 1 aliphatic heterocycles. The molecule has 3 rings (SSSR count). The monoisotopic (exact) mass is 338 g/mol. The molecule has 0 saturated carbocycles. The Morgan fingerprint density at radius 2 is 1.84 bits per heavy atom. The third-order valence-electron chi connectivity index (χ3n) is 4.72. The Labute approximate surface area is 150 Å². The highest BCUT2D eigenvalue weighted by Gasteiger charge is 2.26. The van der Waals surface area contributed by atoms with Crippen molar-refractivity contribution in [3.63, 3.8) is 0 Å². The number of ether oxygens (including phenoxy) is 2. The van der Waals surface area contributed by atoms with Crippen LogP contribution in [0.1, 0.15) is 37.0 Å². The van der Waals surface area contributed by atoms with E-state index in [0.717, 1.165) is 36.4 Å². The van der Waals surface area contributed by atoms with E-state index < -0.39 is 0 Å². The van der Waals surface area contributed by atoms with Crippen LogP contribution in [-0.4, -0.2) is 31.0 Å². The molecule has 3 nitrogen and oxygen atoms in total. The second-order valence-corrected chi connectivity index (χ2v) is 7.15. The molecule has 1 heterocycles. The van der Waals surface area contributed by atoms with Crippen molar-refractivity contribution in [1.82, 2.24) is 0 Å². The Morgan fingerprint density at radius 1 is 1.08 bits per heavy atom. The van der Waals surface area contributed by atoms with E-state index >= 15 is 0 Å². The first-order valence-electron chi connectivity index (χ1n) is 9.03. The maximum atomic E-state index is 6.11. The van der Waals surface area contributed by atoms with Gasteiger partial charge in [-0.25, -0.2) is 4.58 Å². The minimum atomic E-state index is 0.547. The van der Waals surface area contributed by atoms with Crippen molar-refractivity contribution in [3.8, 4) is 11.5 Å². The highest BCUT2D eigenvalue weighted by Crippen LogP contribution is 2.34. The summed E-state index contributed by atoms with van der Waals surface area (Å²) in [6, 6.07) is 14.6. The number of rotatable bonds is 6. The van der Waals surface area contributed by atoms with Crippen LogP contribution in [0.5, 0.6) is 11.5 Å². The molecule has 0 amide bonds. The van der Waals surface area contributed by atoms with Gasteiger partial charge in [0, 0.05) is 18.4 Å². The highest BCUT2D eigenvalue weighted by molar-refractivity contribution is 5.99. The van der Waals surface area contributed by atoms with Crippen molar-refractivity contribution >= 4 is 5.71 Å². The van der Waals surface area contributed by atoms with Crippen LogP contribution in [0.3, 0.4) is 0 Å². The summed E-state index contributed by atoms with van der Waals surface area (Å²) in [5, 5.41) is 0. The van der Waals surface area contributed by atoms with E-state index in [9.17, 15) is 0 Å². The lowest BCUT2D eigenvalue weighted by molar-refractivity contribution is -0.499. The number of nitrogens with zero attached hydrogens (tertiary/aromatic N) is 1. The molecule has 2 aromatic rings. The maximum Gasteiger partial charge on any atom is 0.183 e. The molecule has 2 aromatic carbocycles. The van der Waals surface area contributed by atoms with Crippen molar-refractivity contribution < 1.29 is 14.0 Å². The van der Waals surface area contributed by atoms with Gasteiger partial charge in [0.25, 0.3) is 0 Å². The SMILES string of the molecule is COc1cc2c(cc1OCc1ccccc1)C(CC(C)C)=[N+](C)CC2. The molecule has 3 heteroatoms. The van der Waals surface area contributed by atoms with Gasteiger partial charge in [-0.1, -0.05) is 44.2 Å². The van der Waals surface area contributed by atoms with Gasteiger partial charge in [-0.15, -0.1) is 0 Å². The molecule has 1 aliphatic rings. The van der Waals surface area contributed by atoms with Crippen LogP contribution < -0.4 is 9.47 Å². The summed E-state index contributed by atoms with van der Waals surface area (Å²) >= 11 is 0. The average molecular weight is 338 g/mol. The number of benzene rings is 2. The Bertz CT molecular complexity index is 763. The van der Waals surface area contributed by atoms with Crippen LogP contribution >= 0.6 is 0 Å². The Kier molecular flexibility index (Phi) is 5.42. The van der Waals surface area contributed by atoms with Crippen LogP contribution in [-0.2, 0) is 13.0 Å². The summed E-state index contributed by atoms with van der Waals surface area (Å²) < 4.78 is 14.1. The van der Waals surface area contributed by atoms with E-state index in [-0.39, 0.29) is 0 Å². The first kappa shape index (κ1) is 17.5. The van der Waals surface area contributed by atoms with E-state index in [1.54, 1.807) is 7.11 Å². The summed E-state index contributed by atoms with van der Waals surface area (Å²) in [5.41, 5.74) is 5.23. The minimum absolute atomic E-state index is 0.547. The Hall–Kier alpha value is -2.29. The van der Waals surface area contributed by atoms with Gasteiger partial charge in [0.2, 0.25) is 0 Å². The lowest BCUT2D eigenvalue weighted by Gasteiger charge is -2.20. The van der Waals surface area contributed by atoms with E-state index in [1.165, 1.54) is 16.8 Å². The van der Waals surface area contributed by atoms with E-state index in [4.69, 9.17) is 9.47 Å². The molecule has 0 aromatic heterocycles. The van der Waals surface area contributed by atoms with Crippen molar-refractivity contribution in [3.05, 3.63) is 59.2 Å². The number of likely N-dealkylation sites (N-methyl/N-ethyl adjacent to an activating group) is 1. The highest BCUT2D eigenvalue weighted by atomic mass is 16.5. The molecule has 132 valence electrons. The van der Waals surface area contributed by atoms with Crippen molar-refractivity contribution in [2.45, 2.75) is 33.3 Å². The Balaban J connectivity index is 1.93. The molecule has 0 radical (unpaired) electrons. The molecule has 0 bridgehead atoms. The third kappa shape index (κ3) is 4.04. The smallest absolute Gasteiger partial charge is 0.183 e. The second kappa shape index (κ2) is 7.73. The van der Waals surface area contributed by atoms with Crippen molar-refractivity contribution in [2.24, 2.45) is 5.92 Å². The lowest BCUT2D eigenvalue weighted by Crippen LogP contribution is -2.28. The van der Waals surface area contributed by atoms with Gasteiger partial charge >= 0.3 is 0 Å². The van der Waals surface area contributed by atoms with E-state index in [2.05, 4.69) is 49.7 Å². The van der Waals surface area contributed by atoms with Crippen molar-refractivity contribution in [1.29, 1.82) is 0 Å². The first-order valence-corrected chi connectivity index (χ1v) is 9.03. The van der Waals surface area contributed by atoms with Gasteiger partial charge in [0.15, 0.2) is 17.2 Å². The van der Waals surface area contributed by atoms with E-state index in [0.29, 0.717) is 12.5 Å². The normalized spacial score (nSPS) is 13.8. The molecule has 0 aliphatic carbocycles. The minimum Gasteiger partial charge on any atom is -0.493 e. The standard InChI is InChI=1S/C22H28NO2/c1-16(2)12-20-19-14-22(25-15-17-8-6-5-7-9-17)21(24-4)13-18(19)10-11-23(20)3/h5-9,13-14,16H,10-12,15H2,1-4H3/q+1. The molecule has 0 N–H and O–H groups in total. The average Bonchev–Trinajstić information content (AvgIpc) is 2.62. The largest absolute Gasteiger partial charge is 0.493 e. The molecule has 0 spiro atoms. The predicted molar refractivity (Wildman–Crippen MR) is 102 cm³/mol.